The molecule has 1 saturated heterocycles. The van der Waals surface area contributed by atoms with Gasteiger partial charge in [-0.2, -0.15) is 0 Å². The van der Waals surface area contributed by atoms with Crippen LogP contribution in [0, 0.1) is 0 Å². The molecule has 0 bridgehead atoms. The first kappa shape index (κ1) is 16.1. The van der Waals surface area contributed by atoms with Gasteiger partial charge in [-0.15, -0.1) is 0 Å². The predicted molar refractivity (Wildman–Crippen MR) is 92.3 cm³/mol. The van der Waals surface area contributed by atoms with Gasteiger partial charge in [0, 0.05) is 19.3 Å². The van der Waals surface area contributed by atoms with Crippen LogP contribution in [0.2, 0.25) is 0 Å². The van der Waals surface area contributed by atoms with E-state index in [1.807, 2.05) is 36.4 Å². The Morgan fingerprint density at radius 3 is 2.50 bits per heavy atom. The number of amides is 2. The normalized spacial score (nSPS) is 17.0. The lowest BCUT2D eigenvalue weighted by Gasteiger charge is -2.24. The van der Waals surface area contributed by atoms with E-state index in [1.54, 1.807) is 30.1 Å². The lowest BCUT2D eigenvalue weighted by Crippen LogP contribution is -2.43. The molecule has 0 aromatic heterocycles. The Morgan fingerprint density at radius 2 is 1.79 bits per heavy atom. The first-order chi connectivity index (χ1) is 11.6. The maximum Gasteiger partial charge on any atom is 0.258 e. The molecule has 24 heavy (non-hydrogen) atoms. The highest BCUT2D eigenvalue weighted by atomic mass is 16.5. The fourth-order valence-corrected chi connectivity index (χ4v) is 3.04. The minimum Gasteiger partial charge on any atom is -0.496 e. The van der Waals surface area contributed by atoms with E-state index in [4.69, 9.17) is 4.74 Å². The maximum absolute atomic E-state index is 12.8. The molecule has 124 valence electrons. The molecule has 5 nitrogen and oxygen atoms in total. The summed E-state index contributed by atoms with van der Waals surface area (Å²) in [5.41, 5.74) is 1.33. The van der Waals surface area contributed by atoms with E-state index in [-0.39, 0.29) is 11.8 Å². The van der Waals surface area contributed by atoms with Crippen molar-refractivity contribution in [1.82, 2.24) is 4.90 Å². The van der Waals surface area contributed by atoms with E-state index in [2.05, 4.69) is 0 Å². The summed E-state index contributed by atoms with van der Waals surface area (Å²) in [6.07, 6.45) is 0.616. The van der Waals surface area contributed by atoms with Crippen molar-refractivity contribution in [2.45, 2.75) is 12.5 Å². The predicted octanol–water partition coefficient (Wildman–Crippen LogP) is 2.57. The number of hydrogen-bond donors (Lipinski definition) is 0. The van der Waals surface area contributed by atoms with Crippen LogP contribution >= 0.6 is 0 Å². The molecule has 1 heterocycles. The Hall–Kier alpha value is -2.82. The quantitative estimate of drug-likeness (QED) is 0.868. The third kappa shape index (κ3) is 2.85. The lowest BCUT2D eigenvalue weighted by molar-refractivity contribution is -0.120. The molecule has 1 aliphatic rings. The van der Waals surface area contributed by atoms with Gasteiger partial charge >= 0.3 is 0 Å². The molecule has 0 saturated carbocycles. The van der Waals surface area contributed by atoms with Gasteiger partial charge in [0.05, 0.1) is 12.7 Å². The number of para-hydroxylation sites is 2. The Labute approximate surface area is 141 Å². The van der Waals surface area contributed by atoms with Crippen LogP contribution in [0.4, 0.5) is 5.69 Å². The number of methoxy groups -OCH3 is 1. The molecule has 1 atom stereocenters. The number of rotatable bonds is 4. The van der Waals surface area contributed by atoms with Crippen molar-refractivity contribution < 1.29 is 14.3 Å². The lowest BCUT2D eigenvalue weighted by atomic mass is 10.1. The fraction of sp³-hybridized carbons (Fsp3) is 0.263. The summed E-state index contributed by atoms with van der Waals surface area (Å²) in [6.45, 7) is 0.608. The maximum atomic E-state index is 12.8. The van der Waals surface area contributed by atoms with Crippen molar-refractivity contribution in [3.63, 3.8) is 0 Å². The third-order valence-corrected chi connectivity index (χ3v) is 4.37. The van der Waals surface area contributed by atoms with Crippen LogP contribution in [0.3, 0.4) is 0 Å². The van der Waals surface area contributed by atoms with Gasteiger partial charge in [-0.3, -0.25) is 9.59 Å². The van der Waals surface area contributed by atoms with E-state index in [0.717, 1.165) is 5.69 Å². The highest BCUT2D eigenvalue weighted by molar-refractivity contribution is 6.04. The summed E-state index contributed by atoms with van der Waals surface area (Å²) >= 11 is 0. The molecule has 0 radical (unpaired) electrons. The van der Waals surface area contributed by atoms with Gasteiger partial charge < -0.3 is 14.5 Å². The van der Waals surface area contributed by atoms with E-state index in [0.29, 0.717) is 24.3 Å². The highest BCUT2D eigenvalue weighted by Crippen LogP contribution is 2.26. The van der Waals surface area contributed by atoms with Gasteiger partial charge in [0.15, 0.2) is 0 Å². The van der Waals surface area contributed by atoms with Crippen LogP contribution in [0.5, 0.6) is 5.75 Å². The van der Waals surface area contributed by atoms with Crippen LogP contribution in [0.25, 0.3) is 0 Å². The van der Waals surface area contributed by atoms with Crippen LogP contribution in [0.1, 0.15) is 16.8 Å². The minimum atomic E-state index is -0.456. The van der Waals surface area contributed by atoms with Crippen LogP contribution in [-0.4, -0.2) is 43.5 Å². The fourth-order valence-electron chi connectivity index (χ4n) is 3.04. The monoisotopic (exact) mass is 324 g/mol. The van der Waals surface area contributed by atoms with Crippen molar-refractivity contribution in [1.29, 1.82) is 0 Å². The van der Waals surface area contributed by atoms with E-state index < -0.39 is 6.04 Å². The van der Waals surface area contributed by atoms with Gasteiger partial charge in [-0.1, -0.05) is 30.3 Å². The Balaban J connectivity index is 1.79. The molecular weight excluding hydrogens is 304 g/mol. The molecule has 3 rings (SSSR count). The molecule has 2 aromatic rings. The first-order valence-corrected chi connectivity index (χ1v) is 7.90. The molecule has 0 unspecified atom stereocenters. The summed E-state index contributed by atoms with van der Waals surface area (Å²) in [5, 5.41) is 0. The second kappa shape index (κ2) is 6.74. The molecule has 1 fully saturated rings. The summed E-state index contributed by atoms with van der Waals surface area (Å²) in [4.78, 5) is 28.8. The topological polar surface area (TPSA) is 49.9 Å². The van der Waals surface area contributed by atoms with Crippen molar-refractivity contribution in [3.05, 3.63) is 60.2 Å². The number of ether oxygens (including phenoxy) is 1. The minimum absolute atomic E-state index is 0.0491. The molecule has 1 aliphatic heterocycles. The van der Waals surface area contributed by atoms with Gasteiger partial charge in [0.2, 0.25) is 5.91 Å². The van der Waals surface area contributed by atoms with Gasteiger partial charge in [-0.25, -0.2) is 0 Å². The molecule has 0 N–H and O–H groups in total. The number of likely N-dealkylation sites (N-methyl/N-ethyl adjacent to an activating group) is 1. The molecule has 0 spiro atoms. The van der Waals surface area contributed by atoms with E-state index >= 15 is 0 Å². The molecule has 2 amide bonds. The molecule has 5 heteroatoms. The summed E-state index contributed by atoms with van der Waals surface area (Å²) in [6, 6.07) is 16.1. The molecule has 0 aliphatic carbocycles. The van der Waals surface area contributed by atoms with E-state index in [1.165, 1.54) is 12.0 Å². The second-order valence-electron chi connectivity index (χ2n) is 5.75. The largest absolute Gasteiger partial charge is 0.496 e. The number of anilines is 1. The third-order valence-electron chi connectivity index (χ3n) is 4.37. The van der Waals surface area contributed by atoms with Gasteiger partial charge in [-0.05, 0) is 30.7 Å². The van der Waals surface area contributed by atoms with Crippen molar-refractivity contribution in [3.8, 4) is 5.75 Å². The van der Waals surface area contributed by atoms with Crippen molar-refractivity contribution in [2.75, 3.05) is 25.6 Å². The highest BCUT2D eigenvalue weighted by Gasteiger charge is 2.37. The molecule has 2 aromatic carbocycles. The number of nitrogens with zero attached hydrogens (tertiary/aromatic N) is 2. The Bertz CT molecular complexity index is 745. The average Bonchev–Trinajstić information content (AvgIpc) is 3.02. The standard InChI is InChI=1S/C19H20N2O3/c1-20(18(22)15-10-6-7-11-17(15)24-2)16-12-13-21(19(16)23)14-8-4-3-5-9-14/h3-11,16H,12-13H2,1-2H3/t16-/m1/s1. The zero-order chi connectivity index (χ0) is 17.1. The van der Waals surface area contributed by atoms with Crippen LogP contribution in [-0.2, 0) is 4.79 Å². The smallest absolute Gasteiger partial charge is 0.258 e. The summed E-state index contributed by atoms with van der Waals surface area (Å²) in [5.74, 6) is 0.257. The SMILES string of the molecule is COc1ccccc1C(=O)N(C)[C@@H]1CCN(c2ccccc2)C1=O. The van der Waals surface area contributed by atoms with Crippen molar-refractivity contribution in [2.24, 2.45) is 0 Å². The zero-order valence-electron chi connectivity index (χ0n) is 13.8. The first-order valence-electron chi connectivity index (χ1n) is 7.90. The van der Waals surface area contributed by atoms with Gasteiger partial charge in [0.1, 0.15) is 11.8 Å². The zero-order valence-corrected chi connectivity index (χ0v) is 13.8. The Morgan fingerprint density at radius 1 is 1.12 bits per heavy atom. The average molecular weight is 324 g/mol. The van der Waals surface area contributed by atoms with Crippen LogP contribution < -0.4 is 9.64 Å². The number of carbonyl (C=O) groups excluding carboxylic acids is 2. The van der Waals surface area contributed by atoms with Gasteiger partial charge in [0.25, 0.3) is 5.91 Å². The molecular formula is C19H20N2O3. The van der Waals surface area contributed by atoms with Crippen LogP contribution in [0.15, 0.2) is 54.6 Å². The number of benzene rings is 2. The Kier molecular flexibility index (Phi) is 4.51. The second-order valence-corrected chi connectivity index (χ2v) is 5.75. The summed E-state index contributed by atoms with van der Waals surface area (Å²) in [7, 11) is 3.20. The number of hydrogen-bond acceptors (Lipinski definition) is 3. The summed E-state index contributed by atoms with van der Waals surface area (Å²) < 4.78 is 5.25. The van der Waals surface area contributed by atoms with Crippen molar-refractivity contribution >= 4 is 17.5 Å². The van der Waals surface area contributed by atoms with E-state index in [9.17, 15) is 9.59 Å². The number of carbonyl (C=O) groups is 2.